The minimum absolute atomic E-state index is 0.651. The van der Waals surface area contributed by atoms with Crippen molar-refractivity contribution >= 4 is 0 Å². The van der Waals surface area contributed by atoms with E-state index in [1.807, 2.05) is 0 Å². The van der Waals surface area contributed by atoms with Crippen molar-refractivity contribution in [3.05, 3.63) is 35.4 Å². The third kappa shape index (κ3) is 4.85. The summed E-state index contributed by atoms with van der Waals surface area (Å²) in [5.74, 6) is 1.88. The first-order chi connectivity index (χ1) is 10.2. The summed E-state index contributed by atoms with van der Waals surface area (Å²) in [7, 11) is 2.14. The van der Waals surface area contributed by atoms with Gasteiger partial charge in [-0.3, -0.25) is 0 Å². The third-order valence-corrected chi connectivity index (χ3v) is 5.50. The van der Waals surface area contributed by atoms with Crippen molar-refractivity contribution in [2.24, 2.45) is 11.8 Å². The van der Waals surface area contributed by atoms with Crippen LogP contribution in [0.1, 0.15) is 63.0 Å². The zero-order valence-electron chi connectivity index (χ0n) is 14.2. The van der Waals surface area contributed by atoms with Crippen molar-refractivity contribution in [2.45, 2.75) is 71.3 Å². The molecule has 0 saturated heterocycles. The van der Waals surface area contributed by atoms with Crippen LogP contribution in [-0.4, -0.2) is 13.1 Å². The van der Waals surface area contributed by atoms with Gasteiger partial charge in [0.05, 0.1) is 0 Å². The van der Waals surface area contributed by atoms with Crippen molar-refractivity contribution in [2.75, 3.05) is 7.05 Å². The van der Waals surface area contributed by atoms with Crippen molar-refractivity contribution in [3.63, 3.8) is 0 Å². The van der Waals surface area contributed by atoms with Crippen molar-refractivity contribution < 1.29 is 0 Å². The summed E-state index contributed by atoms with van der Waals surface area (Å²) in [4.78, 5) is 0. The lowest BCUT2D eigenvalue weighted by molar-refractivity contribution is 0.216. The van der Waals surface area contributed by atoms with Crippen LogP contribution in [0, 0.1) is 18.8 Å². The average molecular weight is 287 g/mol. The molecular weight excluding hydrogens is 254 g/mol. The summed E-state index contributed by atoms with van der Waals surface area (Å²) >= 11 is 0. The van der Waals surface area contributed by atoms with Gasteiger partial charge in [-0.2, -0.15) is 0 Å². The summed E-state index contributed by atoms with van der Waals surface area (Å²) in [6.45, 7) is 4.55. The Hall–Kier alpha value is -0.820. The molecule has 118 valence electrons. The van der Waals surface area contributed by atoms with Gasteiger partial charge in [-0.1, -0.05) is 63.3 Å². The van der Waals surface area contributed by atoms with Crippen LogP contribution in [0.2, 0.25) is 0 Å². The predicted octanol–water partition coefficient (Wildman–Crippen LogP) is 5.12. The molecule has 21 heavy (non-hydrogen) atoms. The molecule has 1 heteroatoms. The standard InChI is InChI=1S/C20H33N/c1-4-5-9-17-11-13-18(14-12-17)20(21-3)15-19-10-7-6-8-16(19)2/h6-8,10,17-18,20-21H,4-5,9,11-15H2,1-3H3. The maximum absolute atomic E-state index is 3.61. The van der Waals surface area contributed by atoms with E-state index < -0.39 is 0 Å². The molecule has 1 N–H and O–H groups in total. The molecule has 1 saturated carbocycles. The highest BCUT2D eigenvalue weighted by atomic mass is 14.9. The van der Waals surface area contributed by atoms with Gasteiger partial charge in [0.25, 0.3) is 0 Å². The molecule has 1 fully saturated rings. The molecule has 0 radical (unpaired) electrons. The molecule has 0 amide bonds. The number of hydrogen-bond donors (Lipinski definition) is 1. The minimum Gasteiger partial charge on any atom is -0.316 e. The van der Waals surface area contributed by atoms with E-state index in [2.05, 4.69) is 50.5 Å². The number of unbranched alkanes of at least 4 members (excludes halogenated alkanes) is 1. The first-order valence-corrected chi connectivity index (χ1v) is 8.96. The van der Waals surface area contributed by atoms with Crippen LogP contribution in [-0.2, 0) is 6.42 Å². The Labute approximate surface area is 131 Å². The second-order valence-corrected chi connectivity index (χ2v) is 6.95. The topological polar surface area (TPSA) is 12.0 Å². The lowest BCUT2D eigenvalue weighted by Gasteiger charge is -2.34. The minimum atomic E-state index is 0.651. The molecule has 1 aliphatic rings. The van der Waals surface area contributed by atoms with Crippen molar-refractivity contribution in [1.82, 2.24) is 5.32 Å². The molecule has 0 bridgehead atoms. The summed E-state index contributed by atoms with van der Waals surface area (Å²) in [5.41, 5.74) is 2.96. The Morgan fingerprint density at radius 3 is 2.48 bits per heavy atom. The van der Waals surface area contributed by atoms with E-state index in [0.717, 1.165) is 11.8 Å². The van der Waals surface area contributed by atoms with Gasteiger partial charge in [0.2, 0.25) is 0 Å². The largest absolute Gasteiger partial charge is 0.316 e. The van der Waals surface area contributed by atoms with Gasteiger partial charge in [-0.15, -0.1) is 0 Å². The van der Waals surface area contributed by atoms with Crippen LogP contribution >= 0.6 is 0 Å². The van der Waals surface area contributed by atoms with Crippen LogP contribution in [0.5, 0.6) is 0 Å². The van der Waals surface area contributed by atoms with Crippen molar-refractivity contribution in [3.8, 4) is 0 Å². The van der Waals surface area contributed by atoms with Crippen LogP contribution in [0.15, 0.2) is 24.3 Å². The summed E-state index contributed by atoms with van der Waals surface area (Å²) in [6, 6.07) is 9.51. The average Bonchev–Trinajstić information content (AvgIpc) is 2.53. The molecule has 1 aliphatic carbocycles. The summed E-state index contributed by atoms with van der Waals surface area (Å²) in [5, 5.41) is 3.61. The molecule has 2 rings (SSSR count). The van der Waals surface area contributed by atoms with E-state index in [0.29, 0.717) is 6.04 Å². The maximum Gasteiger partial charge on any atom is 0.0133 e. The zero-order chi connectivity index (χ0) is 15.1. The van der Waals surface area contributed by atoms with Gasteiger partial charge in [0.1, 0.15) is 0 Å². The van der Waals surface area contributed by atoms with Gasteiger partial charge in [0.15, 0.2) is 0 Å². The summed E-state index contributed by atoms with van der Waals surface area (Å²) in [6.07, 6.45) is 11.2. The maximum atomic E-state index is 3.61. The fourth-order valence-electron chi connectivity index (χ4n) is 3.95. The first-order valence-electron chi connectivity index (χ1n) is 8.96. The Bertz CT molecular complexity index is 404. The predicted molar refractivity (Wildman–Crippen MR) is 92.7 cm³/mol. The second kappa shape index (κ2) is 8.58. The molecule has 1 aromatic carbocycles. The number of benzene rings is 1. The number of nitrogens with one attached hydrogen (secondary N) is 1. The highest BCUT2D eigenvalue weighted by Gasteiger charge is 2.26. The van der Waals surface area contributed by atoms with Gasteiger partial charge in [-0.05, 0) is 56.2 Å². The molecule has 1 nitrogen and oxygen atoms in total. The molecule has 1 atom stereocenters. The van der Waals surface area contributed by atoms with Gasteiger partial charge < -0.3 is 5.32 Å². The fourth-order valence-corrected chi connectivity index (χ4v) is 3.95. The van der Waals surface area contributed by atoms with E-state index >= 15 is 0 Å². The smallest absolute Gasteiger partial charge is 0.0133 e. The normalized spacial score (nSPS) is 24.0. The van der Waals surface area contributed by atoms with E-state index in [1.165, 1.54) is 62.5 Å². The van der Waals surface area contributed by atoms with Gasteiger partial charge in [0, 0.05) is 6.04 Å². The van der Waals surface area contributed by atoms with E-state index in [4.69, 9.17) is 0 Å². The SMILES string of the molecule is CCCCC1CCC(C(Cc2ccccc2C)NC)CC1. The number of rotatable bonds is 7. The quantitative estimate of drug-likeness (QED) is 0.733. The lowest BCUT2D eigenvalue weighted by atomic mass is 9.75. The number of hydrogen-bond acceptors (Lipinski definition) is 1. The zero-order valence-corrected chi connectivity index (χ0v) is 14.2. The first kappa shape index (κ1) is 16.5. The fraction of sp³-hybridized carbons (Fsp3) is 0.700. The number of likely N-dealkylation sites (N-methyl/N-ethyl adjacent to an activating group) is 1. The second-order valence-electron chi connectivity index (χ2n) is 6.95. The summed E-state index contributed by atoms with van der Waals surface area (Å²) < 4.78 is 0. The van der Waals surface area contributed by atoms with Crippen LogP contribution in [0.25, 0.3) is 0 Å². The Kier molecular flexibility index (Phi) is 6.76. The van der Waals surface area contributed by atoms with Crippen LogP contribution in [0.3, 0.4) is 0 Å². The number of aryl methyl sites for hydroxylation is 1. The van der Waals surface area contributed by atoms with E-state index in [-0.39, 0.29) is 0 Å². The molecule has 0 spiro atoms. The molecule has 0 aliphatic heterocycles. The molecule has 1 unspecified atom stereocenters. The van der Waals surface area contributed by atoms with Gasteiger partial charge >= 0.3 is 0 Å². The third-order valence-electron chi connectivity index (χ3n) is 5.50. The molecule has 0 heterocycles. The van der Waals surface area contributed by atoms with E-state index in [1.54, 1.807) is 0 Å². The highest BCUT2D eigenvalue weighted by molar-refractivity contribution is 5.26. The van der Waals surface area contributed by atoms with Crippen LogP contribution in [0.4, 0.5) is 0 Å². The Balaban J connectivity index is 1.86. The monoisotopic (exact) mass is 287 g/mol. The molecule has 1 aromatic rings. The van der Waals surface area contributed by atoms with Gasteiger partial charge in [-0.25, -0.2) is 0 Å². The van der Waals surface area contributed by atoms with E-state index in [9.17, 15) is 0 Å². The Morgan fingerprint density at radius 2 is 1.86 bits per heavy atom. The Morgan fingerprint density at radius 1 is 1.14 bits per heavy atom. The van der Waals surface area contributed by atoms with Crippen molar-refractivity contribution in [1.29, 1.82) is 0 Å². The molecular formula is C20H33N. The highest BCUT2D eigenvalue weighted by Crippen LogP contribution is 2.34. The molecule has 0 aromatic heterocycles. The lowest BCUT2D eigenvalue weighted by Crippen LogP contribution is -2.37. The van der Waals surface area contributed by atoms with Crippen LogP contribution < -0.4 is 5.32 Å².